The number of carbonyl (C=O) groups excluding carboxylic acids is 1. The molecule has 0 aliphatic carbocycles. The molecule has 0 spiro atoms. The molecule has 10 heteroatoms. The topological polar surface area (TPSA) is 84.5 Å². The SMILES string of the molecule is CCCCNC(=O)c1cc(Oc2ccc(NC(=S)NOc3ccc(Cl)cc3Cl)cc2)ccn1. The molecule has 0 fully saturated rings. The number of nitrogens with zero attached hydrogens (tertiary/aromatic N) is 1. The van der Waals surface area contributed by atoms with Gasteiger partial charge in [-0.2, -0.15) is 5.48 Å². The van der Waals surface area contributed by atoms with Crippen LogP contribution in [0.5, 0.6) is 17.2 Å². The number of nitrogens with one attached hydrogen (secondary N) is 3. The van der Waals surface area contributed by atoms with Gasteiger partial charge in [-0.1, -0.05) is 36.5 Å². The van der Waals surface area contributed by atoms with Gasteiger partial charge in [0.2, 0.25) is 5.11 Å². The molecule has 172 valence electrons. The first-order valence-corrected chi connectivity index (χ1v) is 11.3. The fourth-order valence-corrected chi connectivity index (χ4v) is 3.23. The third kappa shape index (κ3) is 7.78. The van der Waals surface area contributed by atoms with Crippen molar-refractivity contribution in [3.05, 3.63) is 76.5 Å². The van der Waals surface area contributed by atoms with Gasteiger partial charge in [0.1, 0.15) is 17.2 Å². The Morgan fingerprint density at radius 3 is 2.58 bits per heavy atom. The number of carbonyl (C=O) groups is 1. The first-order valence-electron chi connectivity index (χ1n) is 10.2. The van der Waals surface area contributed by atoms with E-state index in [1.165, 1.54) is 6.20 Å². The predicted molar refractivity (Wildman–Crippen MR) is 134 cm³/mol. The van der Waals surface area contributed by atoms with E-state index in [1.807, 2.05) is 0 Å². The predicted octanol–water partition coefficient (Wildman–Crippen LogP) is 5.99. The highest BCUT2D eigenvalue weighted by Crippen LogP contribution is 2.27. The Balaban J connectivity index is 1.52. The van der Waals surface area contributed by atoms with Gasteiger partial charge in [0.15, 0.2) is 5.75 Å². The molecule has 0 saturated carbocycles. The molecular formula is C23H22Cl2N4O3S. The minimum absolute atomic E-state index is 0.225. The molecule has 0 aliphatic rings. The molecule has 0 unspecified atom stereocenters. The van der Waals surface area contributed by atoms with Gasteiger partial charge in [-0.05, 0) is 67.2 Å². The van der Waals surface area contributed by atoms with Crippen molar-refractivity contribution in [2.24, 2.45) is 0 Å². The molecular weight excluding hydrogens is 483 g/mol. The largest absolute Gasteiger partial charge is 0.457 e. The van der Waals surface area contributed by atoms with Crippen LogP contribution in [0.25, 0.3) is 0 Å². The van der Waals surface area contributed by atoms with Crippen molar-refractivity contribution in [3.63, 3.8) is 0 Å². The van der Waals surface area contributed by atoms with E-state index in [4.69, 9.17) is 45.0 Å². The Bertz CT molecular complexity index is 1110. The van der Waals surface area contributed by atoms with Crippen LogP contribution in [-0.2, 0) is 0 Å². The quantitative estimate of drug-likeness (QED) is 0.187. The van der Waals surface area contributed by atoms with Gasteiger partial charge in [0, 0.05) is 29.5 Å². The number of halogens is 2. The van der Waals surface area contributed by atoms with Crippen molar-refractivity contribution in [1.82, 2.24) is 15.8 Å². The molecule has 3 N–H and O–H groups in total. The van der Waals surface area contributed by atoms with Crippen LogP contribution < -0.4 is 25.7 Å². The summed E-state index contributed by atoms with van der Waals surface area (Å²) in [6.45, 7) is 2.68. The van der Waals surface area contributed by atoms with Gasteiger partial charge < -0.3 is 20.2 Å². The van der Waals surface area contributed by atoms with Gasteiger partial charge in [-0.15, -0.1) is 0 Å². The zero-order chi connectivity index (χ0) is 23.6. The zero-order valence-electron chi connectivity index (χ0n) is 17.7. The summed E-state index contributed by atoms with van der Waals surface area (Å²) in [6.07, 6.45) is 3.46. The van der Waals surface area contributed by atoms with Crippen LogP contribution >= 0.6 is 35.4 Å². The number of hydrogen-bond donors (Lipinski definition) is 3. The van der Waals surface area contributed by atoms with E-state index in [9.17, 15) is 4.79 Å². The van der Waals surface area contributed by atoms with E-state index in [-0.39, 0.29) is 11.0 Å². The molecule has 3 aromatic rings. The molecule has 0 aliphatic heterocycles. The highest BCUT2D eigenvalue weighted by atomic mass is 35.5. The normalized spacial score (nSPS) is 10.3. The van der Waals surface area contributed by atoms with Crippen molar-refractivity contribution < 1.29 is 14.4 Å². The van der Waals surface area contributed by atoms with E-state index in [1.54, 1.807) is 54.6 Å². The van der Waals surface area contributed by atoms with Crippen LogP contribution in [0.2, 0.25) is 10.0 Å². The third-order valence-electron chi connectivity index (χ3n) is 4.28. The van der Waals surface area contributed by atoms with Crippen molar-refractivity contribution in [2.45, 2.75) is 19.8 Å². The Morgan fingerprint density at radius 2 is 1.85 bits per heavy atom. The highest BCUT2D eigenvalue weighted by Gasteiger charge is 2.09. The number of ether oxygens (including phenoxy) is 1. The van der Waals surface area contributed by atoms with Gasteiger partial charge in [-0.3, -0.25) is 9.78 Å². The average Bonchev–Trinajstić information content (AvgIpc) is 2.80. The number of hydroxylamine groups is 1. The first kappa shape index (κ1) is 24.6. The second-order valence-corrected chi connectivity index (χ2v) is 8.10. The minimum atomic E-state index is -0.225. The minimum Gasteiger partial charge on any atom is -0.457 e. The zero-order valence-corrected chi connectivity index (χ0v) is 20.1. The van der Waals surface area contributed by atoms with Gasteiger partial charge in [0.05, 0.1) is 5.02 Å². The van der Waals surface area contributed by atoms with Crippen molar-refractivity contribution in [3.8, 4) is 17.2 Å². The van der Waals surface area contributed by atoms with E-state index in [2.05, 4.69) is 28.0 Å². The number of amides is 1. The van der Waals surface area contributed by atoms with E-state index >= 15 is 0 Å². The van der Waals surface area contributed by atoms with E-state index < -0.39 is 0 Å². The lowest BCUT2D eigenvalue weighted by molar-refractivity contribution is 0.0948. The smallest absolute Gasteiger partial charge is 0.270 e. The lowest BCUT2D eigenvalue weighted by Gasteiger charge is -2.13. The summed E-state index contributed by atoms with van der Waals surface area (Å²) in [4.78, 5) is 21.7. The summed E-state index contributed by atoms with van der Waals surface area (Å²) in [7, 11) is 0. The van der Waals surface area contributed by atoms with Crippen LogP contribution in [0.15, 0.2) is 60.8 Å². The van der Waals surface area contributed by atoms with Gasteiger partial charge >= 0.3 is 0 Å². The second-order valence-electron chi connectivity index (χ2n) is 6.85. The van der Waals surface area contributed by atoms with Gasteiger partial charge in [-0.25, -0.2) is 0 Å². The van der Waals surface area contributed by atoms with E-state index in [0.717, 1.165) is 18.5 Å². The van der Waals surface area contributed by atoms with Crippen LogP contribution in [-0.4, -0.2) is 22.5 Å². The average molecular weight is 505 g/mol. The molecule has 0 atom stereocenters. The number of anilines is 1. The Labute approximate surface area is 207 Å². The third-order valence-corrected chi connectivity index (χ3v) is 4.99. The van der Waals surface area contributed by atoms with Crippen LogP contribution in [0.4, 0.5) is 5.69 Å². The maximum Gasteiger partial charge on any atom is 0.270 e. The summed E-state index contributed by atoms with van der Waals surface area (Å²) in [5.41, 5.74) is 3.64. The number of pyridine rings is 1. The number of thiocarbonyl (C=S) groups is 1. The lowest BCUT2D eigenvalue weighted by Crippen LogP contribution is -2.31. The first-order chi connectivity index (χ1) is 15.9. The molecule has 0 radical (unpaired) electrons. The lowest BCUT2D eigenvalue weighted by atomic mass is 10.3. The summed E-state index contributed by atoms with van der Waals surface area (Å²) >= 11 is 17.2. The summed E-state index contributed by atoms with van der Waals surface area (Å²) in [6, 6.07) is 15.3. The Morgan fingerprint density at radius 1 is 1.06 bits per heavy atom. The maximum absolute atomic E-state index is 12.2. The van der Waals surface area contributed by atoms with Crippen LogP contribution in [0.3, 0.4) is 0 Å². The molecule has 0 bridgehead atoms. The molecule has 1 heterocycles. The van der Waals surface area contributed by atoms with Crippen molar-refractivity contribution >= 4 is 52.1 Å². The molecule has 7 nitrogen and oxygen atoms in total. The van der Waals surface area contributed by atoms with E-state index in [0.29, 0.717) is 39.5 Å². The molecule has 1 aromatic heterocycles. The summed E-state index contributed by atoms with van der Waals surface area (Å²) in [5.74, 6) is 1.27. The molecule has 2 aromatic carbocycles. The molecule has 3 rings (SSSR count). The number of rotatable bonds is 9. The number of hydrogen-bond acceptors (Lipinski definition) is 5. The Kier molecular flexibility index (Phi) is 9.12. The standard InChI is InChI=1S/C23H22Cl2N4O3S/c1-2-3-11-27-22(30)20-14-18(10-12-26-20)31-17-7-5-16(6-8-17)28-23(33)29-32-21-9-4-15(24)13-19(21)25/h4-10,12-14H,2-3,11H2,1H3,(H,27,30)(H2,28,29,33). The van der Waals surface area contributed by atoms with Crippen LogP contribution in [0.1, 0.15) is 30.3 Å². The fraction of sp³-hybridized carbons (Fsp3) is 0.174. The monoisotopic (exact) mass is 504 g/mol. The van der Waals surface area contributed by atoms with Crippen LogP contribution in [0, 0.1) is 0 Å². The van der Waals surface area contributed by atoms with Crippen molar-refractivity contribution in [2.75, 3.05) is 11.9 Å². The molecule has 33 heavy (non-hydrogen) atoms. The molecule has 1 amide bonds. The number of unbranched alkanes of at least 4 members (excludes halogenated alkanes) is 1. The highest BCUT2D eigenvalue weighted by molar-refractivity contribution is 7.80. The fourth-order valence-electron chi connectivity index (χ4n) is 2.63. The molecule has 0 saturated heterocycles. The Hall–Kier alpha value is -3.07. The summed E-state index contributed by atoms with van der Waals surface area (Å²) in [5, 5.41) is 6.93. The number of benzene rings is 2. The second kappa shape index (κ2) is 12.2. The summed E-state index contributed by atoms with van der Waals surface area (Å²) < 4.78 is 5.84. The number of aromatic nitrogens is 1. The van der Waals surface area contributed by atoms with Crippen molar-refractivity contribution in [1.29, 1.82) is 0 Å². The van der Waals surface area contributed by atoms with Gasteiger partial charge in [0.25, 0.3) is 5.91 Å². The maximum atomic E-state index is 12.2.